The Labute approximate surface area is 122 Å². The molecule has 1 aromatic rings. The second kappa shape index (κ2) is 7.89. The summed E-state index contributed by atoms with van der Waals surface area (Å²) < 4.78 is 12.7. The van der Waals surface area contributed by atoms with Crippen molar-refractivity contribution in [1.29, 1.82) is 0 Å². The van der Waals surface area contributed by atoms with Crippen LogP contribution < -0.4 is 0 Å². The number of carbonyl (C=O) groups is 2. The molecule has 0 radical (unpaired) electrons. The van der Waals surface area contributed by atoms with Gasteiger partial charge in [-0.15, -0.1) is 11.8 Å². The van der Waals surface area contributed by atoms with Gasteiger partial charge in [-0.1, -0.05) is 19.1 Å². The van der Waals surface area contributed by atoms with Crippen LogP contribution in [-0.2, 0) is 15.3 Å². The predicted molar refractivity (Wildman–Crippen MR) is 77.0 cm³/mol. The minimum Gasteiger partial charge on any atom is -0.480 e. The minimum absolute atomic E-state index is 0.206. The first-order valence-electron chi connectivity index (χ1n) is 6.26. The van der Waals surface area contributed by atoms with Gasteiger partial charge >= 0.3 is 5.97 Å². The maximum absolute atomic E-state index is 12.7. The zero-order valence-electron chi connectivity index (χ0n) is 11.5. The number of hydrogen-bond donors (Lipinski definition) is 1. The van der Waals surface area contributed by atoms with Crippen molar-refractivity contribution in [3.8, 4) is 0 Å². The fourth-order valence-electron chi connectivity index (χ4n) is 1.73. The van der Waals surface area contributed by atoms with Crippen molar-refractivity contribution in [3.05, 3.63) is 35.6 Å². The van der Waals surface area contributed by atoms with E-state index in [1.165, 1.54) is 35.8 Å². The first kappa shape index (κ1) is 16.5. The van der Waals surface area contributed by atoms with Crippen LogP contribution in [0.1, 0.15) is 18.9 Å². The number of likely N-dealkylation sites (N-methyl/N-ethyl adjacent to an activating group) is 1. The van der Waals surface area contributed by atoms with Gasteiger partial charge in [0.25, 0.3) is 0 Å². The van der Waals surface area contributed by atoms with E-state index >= 15 is 0 Å². The van der Waals surface area contributed by atoms with Crippen LogP contribution in [0.3, 0.4) is 0 Å². The van der Waals surface area contributed by atoms with Gasteiger partial charge in [0.2, 0.25) is 5.91 Å². The van der Waals surface area contributed by atoms with Gasteiger partial charge < -0.3 is 10.0 Å². The number of aliphatic carboxylic acids is 1. The summed E-state index contributed by atoms with van der Waals surface area (Å²) in [6, 6.07) is 5.31. The average molecular weight is 299 g/mol. The molecule has 0 aliphatic carbocycles. The van der Waals surface area contributed by atoms with Gasteiger partial charge in [0, 0.05) is 12.8 Å². The molecule has 110 valence electrons. The molecule has 4 nitrogen and oxygen atoms in total. The van der Waals surface area contributed by atoms with Crippen molar-refractivity contribution in [1.82, 2.24) is 4.90 Å². The molecule has 0 bridgehead atoms. The van der Waals surface area contributed by atoms with Crippen LogP contribution in [0.5, 0.6) is 0 Å². The Morgan fingerprint density at radius 3 is 2.45 bits per heavy atom. The van der Waals surface area contributed by atoms with Crippen LogP contribution in [-0.4, -0.2) is 40.7 Å². The Bertz CT molecular complexity index is 464. The molecule has 1 rings (SSSR count). The maximum Gasteiger partial charge on any atom is 0.326 e. The quantitative estimate of drug-likeness (QED) is 0.840. The summed E-state index contributed by atoms with van der Waals surface area (Å²) in [5, 5.41) is 8.99. The molecule has 0 aliphatic heterocycles. The van der Waals surface area contributed by atoms with Crippen LogP contribution in [0.25, 0.3) is 0 Å². The number of carbonyl (C=O) groups excluding carboxylic acids is 1. The second-order valence-corrected chi connectivity index (χ2v) is 5.37. The number of carboxylic acids is 1. The number of thioether (sulfide) groups is 1. The Kier molecular flexibility index (Phi) is 6.51. The predicted octanol–water partition coefficient (Wildman–Crippen LogP) is 2.38. The molecule has 1 unspecified atom stereocenters. The smallest absolute Gasteiger partial charge is 0.326 e. The molecule has 0 heterocycles. The zero-order chi connectivity index (χ0) is 15.1. The summed E-state index contributed by atoms with van der Waals surface area (Å²) in [5.74, 6) is -0.707. The molecule has 0 fully saturated rings. The highest BCUT2D eigenvalue weighted by atomic mass is 32.2. The summed E-state index contributed by atoms with van der Waals surface area (Å²) in [6.45, 7) is 1.73. The van der Waals surface area contributed by atoms with Crippen LogP contribution in [0.2, 0.25) is 0 Å². The highest BCUT2D eigenvalue weighted by molar-refractivity contribution is 7.99. The number of benzene rings is 1. The van der Waals surface area contributed by atoms with Gasteiger partial charge in [-0.05, 0) is 24.1 Å². The summed E-state index contributed by atoms with van der Waals surface area (Å²) in [7, 11) is 1.50. The molecule has 0 aliphatic rings. The Morgan fingerprint density at radius 1 is 1.35 bits per heavy atom. The third-order valence-electron chi connectivity index (χ3n) is 2.94. The van der Waals surface area contributed by atoms with E-state index in [1.807, 2.05) is 0 Å². The van der Waals surface area contributed by atoms with Crippen molar-refractivity contribution in [2.24, 2.45) is 0 Å². The monoisotopic (exact) mass is 299 g/mol. The SMILES string of the molecule is CCC(C(=O)O)N(C)C(=O)CSCc1ccc(F)cc1. The highest BCUT2D eigenvalue weighted by Crippen LogP contribution is 2.14. The van der Waals surface area contributed by atoms with Crippen molar-refractivity contribution in [3.63, 3.8) is 0 Å². The van der Waals surface area contributed by atoms with E-state index in [9.17, 15) is 14.0 Å². The van der Waals surface area contributed by atoms with Crippen LogP contribution in [0.4, 0.5) is 4.39 Å². The maximum atomic E-state index is 12.7. The lowest BCUT2D eigenvalue weighted by atomic mass is 10.2. The van der Waals surface area contributed by atoms with Crippen molar-refractivity contribution < 1.29 is 19.1 Å². The molecule has 1 atom stereocenters. The number of carboxylic acid groups (broad SMARTS) is 1. The molecule has 0 saturated heterocycles. The topological polar surface area (TPSA) is 57.6 Å². The van der Waals surface area contributed by atoms with Crippen molar-refractivity contribution >= 4 is 23.6 Å². The molecule has 0 aromatic heterocycles. The summed E-state index contributed by atoms with van der Waals surface area (Å²) in [5.41, 5.74) is 0.928. The molecule has 1 aromatic carbocycles. The molecule has 1 N–H and O–H groups in total. The molecule has 6 heteroatoms. The summed E-state index contributed by atoms with van der Waals surface area (Å²) in [4.78, 5) is 24.1. The van der Waals surface area contributed by atoms with Crippen LogP contribution in [0, 0.1) is 5.82 Å². The third kappa shape index (κ3) is 4.85. The van der Waals surface area contributed by atoms with E-state index in [2.05, 4.69) is 0 Å². The average Bonchev–Trinajstić information content (AvgIpc) is 2.41. The molecule has 0 saturated carbocycles. The van der Waals surface area contributed by atoms with Gasteiger partial charge in [-0.2, -0.15) is 0 Å². The number of hydrogen-bond acceptors (Lipinski definition) is 3. The Hall–Kier alpha value is -1.56. The highest BCUT2D eigenvalue weighted by Gasteiger charge is 2.24. The van der Waals surface area contributed by atoms with E-state index in [0.29, 0.717) is 12.2 Å². The van der Waals surface area contributed by atoms with Gasteiger partial charge in [0.15, 0.2) is 0 Å². The molecular formula is C14H18FNO3S. The number of nitrogens with zero attached hydrogens (tertiary/aromatic N) is 1. The normalized spacial score (nSPS) is 11.9. The van der Waals surface area contributed by atoms with Crippen molar-refractivity contribution in [2.75, 3.05) is 12.8 Å². The van der Waals surface area contributed by atoms with Gasteiger partial charge in [0.1, 0.15) is 11.9 Å². The molecule has 1 amide bonds. The fourth-order valence-corrected chi connectivity index (χ4v) is 2.64. The lowest BCUT2D eigenvalue weighted by molar-refractivity contribution is -0.148. The zero-order valence-corrected chi connectivity index (χ0v) is 12.3. The largest absolute Gasteiger partial charge is 0.480 e. The number of rotatable bonds is 7. The first-order chi connectivity index (χ1) is 9.45. The fraction of sp³-hybridized carbons (Fsp3) is 0.429. The third-order valence-corrected chi connectivity index (χ3v) is 3.93. The minimum atomic E-state index is -0.994. The van der Waals surface area contributed by atoms with Gasteiger partial charge in [0.05, 0.1) is 5.75 Å². The second-order valence-electron chi connectivity index (χ2n) is 4.39. The number of amides is 1. The number of halogens is 1. The van der Waals surface area contributed by atoms with E-state index in [1.54, 1.807) is 19.1 Å². The van der Waals surface area contributed by atoms with Gasteiger partial charge in [-0.3, -0.25) is 4.79 Å². The van der Waals surface area contributed by atoms with Gasteiger partial charge in [-0.25, -0.2) is 9.18 Å². The van der Waals surface area contributed by atoms with E-state index in [4.69, 9.17) is 5.11 Å². The molecule has 0 spiro atoms. The summed E-state index contributed by atoms with van der Waals surface area (Å²) >= 11 is 1.38. The Morgan fingerprint density at radius 2 is 1.95 bits per heavy atom. The van der Waals surface area contributed by atoms with Crippen LogP contribution >= 0.6 is 11.8 Å². The lowest BCUT2D eigenvalue weighted by Gasteiger charge is -2.23. The Balaban J connectivity index is 2.43. The van der Waals surface area contributed by atoms with E-state index in [0.717, 1.165) is 5.56 Å². The van der Waals surface area contributed by atoms with Crippen molar-refractivity contribution in [2.45, 2.75) is 25.1 Å². The first-order valence-corrected chi connectivity index (χ1v) is 7.41. The summed E-state index contributed by atoms with van der Waals surface area (Å²) in [6.07, 6.45) is 0.375. The molecule has 20 heavy (non-hydrogen) atoms. The van der Waals surface area contributed by atoms with E-state index < -0.39 is 12.0 Å². The lowest BCUT2D eigenvalue weighted by Crippen LogP contribution is -2.42. The van der Waals surface area contributed by atoms with Crippen LogP contribution in [0.15, 0.2) is 24.3 Å². The molecular weight excluding hydrogens is 281 g/mol. The van der Waals surface area contributed by atoms with E-state index in [-0.39, 0.29) is 17.5 Å². The standard InChI is InChI=1S/C14H18FNO3S/c1-3-12(14(18)19)16(2)13(17)9-20-8-10-4-6-11(15)7-5-10/h4-7,12H,3,8-9H2,1-2H3,(H,18,19).